The summed E-state index contributed by atoms with van der Waals surface area (Å²) in [5, 5.41) is 0. The average molecular weight is 1490 g/mol. The van der Waals surface area contributed by atoms with Crippen LogP contribution in [0.3, 0.4) is 0 Å². The highest BCUT2D eigenvalue weighted by molar-refractivity contribution is 6.03. The fourth-order valence-corrected chi connectivity index (χ4v) is 10.3. The van der Waals surface area contributed by atoms with Gasteiger partial charge in [0.2, 0.25) is 0 Å². The fourth-order valence-electron chi connectivity index (χ4n) is 10.3. The van der Waals surface area contributed by atoms with E-state index >= 15 is 0 Å². The lowest BCUT2D eigenvalue weighted by Crippen LogP contribution is -2.59. The molecule has 0 amide bonds. The first-order valence-corrected chi connectivity index (χ1v) is 33.5. The lowest BCUT2D eigenvalue weighted by Gasteiger charge is -2.44. The van der Waals surface area contributed by atoms with Crippen molar-refractivity contribution in [3.05, 3.63) is 156 Å². The van der Waals surface area contributed by atoms with Gasteiger partial charge >= 0.3 is 71.6 Å². The summed E-state index contributed by atoms with van der Waals surface area (Å²) in [5.74, 6) is -10.2. The first-order valence-electron chi connectivity index (χ1n) is 33.5. The zero-order valence-electron chi connectivity index (χ0n) is 60.5. The largest absolute Gasteiger partial charge is 0.465 e. The van der Waals surface area contributed by atoms with Crippen LogP contribution in [0.1, 0.15) is 43.5 Å². The van der Waals surface area contributed by atoms with Gasteiger partial charge in [-0.05, 0) is 37.6 Å². The highest BCUT2D eigenvalue weighted by Crippen LogP contribution is 2.31. The van der Waals surface area contributed by atoms with Gasteiger partial charge < -0.3 is 76.1 Å². The second-order valence-electron chi connectivity index (χ2n) is 25.1. The summed E-state index contributed by atoms with van der Waals surface area (Å²) in [7, 11) is 0. The van der Waals surface area contributed by atoms with E-state index in [0.29, 0.717) is 64.3 Å². The summed E-state index contributed by atoms with van der Waals surface area (Å²) < 4.78 is 77.1. The second kappa shape index (κ2) is 46.4. The van der Waals surface area contributed by atoms with E-state index in [4.69, 9.17) is 66.3 Å². The van der Waals surface area contributed by atoms with Gasteiger partial charge in [-0.15, -0.1) is 0 Å². The van der Waals surface area contributed by atoms with Gasteiger partial charge in [0.05, 0.1) is 66.5 Å². The number of rotatable bonds is 53. The highest BCUT2D eigenvalue weighted by Gasteiger charge is 2.44. The molecule has 2 heterocycles. The third kappa shape index (κ3) is 31.1. The Balaban J connectivity index is 1.68. The van der Waals surface area contributed by atoms with Crippen molar-refractivity contribution in [3.8, 4) is 0 Å². The molecule has 106 heavy (non-hydrogen) atoms. The van der Waals surface area contributed by atoms with Crippen molar-refractivity contribution in [2.45, 2.75) is 38.6 Å². The van der Waals surface area contributed by atoms with E-state index < -0.39 is 205 Å². The summed E-state index contributed by atoms with van der Waals surface area (Å²) in [6.45, 7) is 34.0. The first kappa shape index (κ1) is 89.7. The Morgan fingerprint density at radius 3 is 0.783 bits per heavy atom. The van der Waals surface area contributed by atoms with Crippen LogP contribution in [0.25, 0.3) is 0 Å². The molecule has 0 radical (unpaired) electrons. The maximum atomic E-state index is 14.5. The molecule has 1 aromatic rings. The van der Waals surface area contributed by atoms with Crippen molar-refractivity contribution in [2.75, 3.05) is 176 Å². The van der Waals surface area contributed by atoms with Crippen molar-refractivity contribution in [1.82, 2.24) is 14.7 Å². The predicted octanol–water partition coefficient (Wildman–Crippen LogP) is 3.92. The molecule has 0 bridgehead atoms. The normalized spacial score (nSPS) is 14.0. The standard InChI is InChI=1S/C75H98N4O27/c1-13-58(80)95-44-72(45-96-59(81)14-2,46-97-60(82)15-3)40-93-42-74(50-101-64(86)19-7,51-102-65(87)20-8)54-105-68(90)28-30-76-32-36-78(37-33-76)57-26-24-56(25-27-57)70(92)71(12,23-11)79-38-34-77(35-39-79)31-29-69(91)106-55-75(52-103-66(88)21-9,53-104-67(89)22-10)43-94-41-73(47-98-61(83)16-4,48-99-62(84)17-5)49-100-63(85)18-6/h13-22,24-27H,1-10,23,28-55H2,11-12H3. The van der Waals surface area contributed by atoms with E-state index in [-0.39, 0.29) is 31.7 Å². The summed E-state index contributed by atoms with van der Waals surface area (Å²) in [6.07, 6.45) is 9.11. The van der Waals surface area contributed by atoms with Crippen LogP contribution >= 0.6 is 0 Å². The number of hydrogen-bond acceptors (Lipinski definition) is 31. The third-order valence-electron chi connectivity index (χ3n) is 17.0. The van der Waals surface area contributed by atoms with Crippen LogP contribution in [0, 0.1) is 21.7 Å². The van der Waals surface area contributed by atoms with Gasteiger partial charge in [-0.25, -0.2) is 47.9 Å². The van der Waals surface area contributed by atoms with E-state index in [1.807, 2.05) is 30.9 Å². The highest BCUT2D eigenvalue weighted by atomic mass is 16.6. The monoisotopic (exact) mass is 1490 g/mol. The minimum atomic E-state index is -1.62. The zero-order valence-corrected chi connectivity index (χ0v) is 60.5. The summed E-state index contributed by atoms with van der Waals surface area (Å²) in [6, 6.07) is 7.39. The number of ketones is 1. The SMILES string of the molecule is C=CC(=O)OCC(COCC(COC(=O)C=C)(COC(=O)C=C)COC(=O)CCN1CCN(c2ccc(C(=O)C(C)(CC)N3CCN(CCC(=O)OCC(COCC(COC(=O)C=C)(COC(=O)C=C)COC(=O)C=C)(COC(=O)C=C)COC(=O)C=C)CC3)cc2)CC1)(COC(=O)C=C)COC(=O)C=C. The van der Waals surface area contributed by atoms with E-state index in [9.17, 15) is 62.3 Å². The number of nitrogens with zero attached hydrogens (tertiary/aromatic N) is 4. The van der Waals surface area contributed by atoms with Gasteiger partial charge in [-0.2, -0.15) is 0 Å². The summed E-state index contributed by atoms with van der Waals surface area (Å²) >= 11 is 0. The maximum absolute atomic E-state index is 14.5. The molecule has 1 unspecified atom stereocenters. The molecular weight excluding hydrogens is 1390 g/mol. The molecule has 1 atom stereocenters. The Morgan fingerprint density at radius 1 is 0.330 bits per heavy atom. The molecule has 2 fully saturated rings. The molecule has 3 rings (SSSR count). The van der Waals surface area contributed by atoms with Crippen molar-refractivity contribution in [2.24, 2.45) is 21.7 Å². The van der Waals surface area contributed by atoms with Crippen LogP contribution in [0.2, 0.25) is 0 Å². The Morgan fingerprint density at radius 2 is 0.557 bits per heavy atom. The Bertz CT molecular complexity index is 3140. The van der Waals surface area contributed by atoms with E-state index in [1.54, 1.807) is 12.1 Å². The molecule has 0 aromatic heterocycles. The van der Waals surface area contributed by atoms with Crippen LogP contribution < -0.4 is 4.90 Å². The van der Waals surface area contributed by atoms with Crippen LogP contribution in [-0.4, -0.2) is 269 Å². The number of hydrogen-bond donors (Lipinski definition) is 0. The predicted molar refractivity (Wildman–Crippen MR) is 380 cm³/mol. The third-order valence-corrected chi connectivity index (χ3v) is 17.0. The van der Waals surface area contributed by atoms with Gasteiger partial charge in [0.25, 0.3) is 0 Å². The topological polar surface area (TPSA) is 364 Å². The molecule has 0 spiro atoms. The first-order chi connectivity index (χ1) is 50.6. The maximum Gasteiger partial charge on any atom is 0.330 e. The number of piperazine rings is 2. The molecule has 580 valence electrons. The van der Waals surface area contributed by atoms with Gasteiger partial charge in [0.1, 0.15) is 79.3 Å². The molecule has 1 aromatic carbocycles. The summed E-state index contributed by atoms with van der Waals surface area (Å²) in [4.78, 5) is 173. The number of anilines is 1. The number of esters is 12. The fraction of sp³-hybridized carbons (Fsp3) is 0.480. The number of carbonyl (C=O) groups is 13. The number of carbonyl (C=O) groups excluding carboxylic acids is 13. The molecule has 2 saturated heterocycles. The average Bonchev–Trinajstić information content (AvgIpc) is 0.787. The lowest BCUT2D eigenvalue weighted by molar-refractivity contribution is -0.174. The number of Topliss-reactive ketones (excluding diaryl/α,β-unsaturated/α-hetero) is 1. The molecule has 2 aliphatic heterocycles. The molecule has 31 nitrogen and oxygen atoms in total. The minimum absolute atomic E-state index is 0.0760. The molecule has 0 aliphatic carbocycles. The Kier molecular flexibility index (Phi) is 39.3. The van der Waals surface area contributed by atoms with Gasteiger partial charge in [-0.3, -0.25) is 24.2 Å². The van der Waals surface area contributed by atoms with E-state index in [2.05, 4.69) is 80.5 Å². The summed E-state index contributed by atoms with van der Waals surface area (Å²) in [5.41, 5.74) is -5.89. The lowest BCUT2D eigenvalue weighted by atomic mass is 9.86. The van der Waals surface area contributed by atoms with Gasteiger partial charge in [-0.1, -0.05) is 72.7 Å². The van der Waals surface area contributed by atoms with Crippen molar-refractivity contribution >= 4 is 83.1 Å². The zero-order chi connectivity index (χ0) is 78.8. The van der Waals surface area contributed by atoms with E-state index in [0.717, 1.165) is 66.4 Å². The van der Waals surface area contributed by atoms with Crippen LogP contribution in [0.5, 0.6) is 0 Å². The molecule has 2 aliphatic rings. The van der Waals surface area contributed by atoms with Gasteiger partial charge in [0.15, 0.2) is 5.78 Å². The van der Waals surface area contributed by atoms with Gasteiger partial charge in [0, 0.05) is 137 Å². The second-order valence-corrected chi connectivity index (χ2v) is 25.1. The van der Waals surface area contributed by atoms with Crippen molar-refractivity contribution in [1.29, 1.82) is 0 Å². The quantitative estimate of drug-likeness (QED) is 0.0386. The minimum Gasteiger partial charge on any atom is -0.465 e. The number of benzene rings is 1. The molecule has 0 saturated carbocycles. The Hall–Kier alpha value is -10.5. The number of ether oxygens (including phenoxy) is 14. The smallest absolute Gasteiger partial charge is 0.330 e. The molecule has 31 heteroatoms. The van der Waals surface area contributed by atoms with Crippen LogP contribution in [0.15, 0.2) is 151 Å². The van der Waals surface area contributed by atoms with E-state index in [1.165, 1.54) is 0 Å². The Labute approximate surface area is 616 Å². The molecule has 0 N–H and O–H groups in total. The molecular formula is C75H98N4O27. The van der Waals surface area contributed by atoms with Crippen LogP contribution in [0.4, 0.5) is 5.69 Å². The van der Waals surface area contributed by atoms with Crippen molar-refractivity contribution in [3.63, 3.8) is 0 Å². The van der Waals surface area contributed by atoms with Crippen molar-refractivity contribution < 1.29 is 129 Å². The van der Waals surface area contributed by atoms with Crippen LogP contribution in [-0.2, 0) is 124 Å².